The molecule has 0 aromatic carbocycles. The third kappa shape index (κ3) is 6.81. The maximum Gasteiger partial charge on any atom is 0.213 e. The van der Waals surface area contributed by atoms with Crippen LogP contribution < -0.4 is 4.74 Å². The van der Waals surface area contributed by atoms with E-state index in [0.717, 1.165) is 19.1 Å². The molecule has 2 aromatic heterocycles. The van der Waals surface area contributed by atoms with Crippen molar-refractivity contribution in [2.45, 2.75) is 25.3 Å². The van der Waals surface area contributed by atoms with Crippen LogP contribution in [0, 0.1) is 17.1 Å². The summed E-state index contributed by atoms with van der Waals surface area (Å²) in [6.07, 6.45) is 7.66. The molecule has 8 heteroatoms. The zero-order valence-corrected chi connectivity index (χ0v) is 16.2. The van der Waals surface area contributed by atoms with E-state index >= 15 is 0 Å². The molecular formula is C21H22FN5O2. The van der Waals surface area contributed by atoms with Crippen LogP contribution in [-0.2, 0) is 4.79 Å². The lowest BCUT2D eigenvalue weighted by Crippen LogP contribution is -2.16. The van der Waals surface area contributed by atoms with E-state index in [1.165, 1.54) is 12.3 Å². The molecule has 0 saturated carbocycles. The number of hydrogen-bond acceptors (Lipinski definition) is 7. The predicted octanol–water partition coefficient (Wildman–Crippen LogP) is 3.45. The van der Waals surface area contributed by atoms with Gasteiger partial charge in [-0.15, -0.1) is 0 Å². The van der Waals surface area contributed by atoms with Gasteiger partial charge in [0.15, 0.2) is 0 Å². The van der Waals surface area contributed by atoms with Gasteiger partial charge in [-0.1, -0.05) is 6.58 Å². The summed E-state index contributed by atoms with van der Waals surface area (Å²) in [6.45, 7) is 4.04. The molecule has 0 fully saturated rings. The average molecular weight is 395 g/mol. The number of carbonyl (C=O) groups excluding carboxylic acids is 1. The second-order valence-corrected chi connectivity index (χ2v) is 6.22. The number of ether oxygens (including phenoxy) is 1. The standard InChI is InChI=1S/C12H12N2O2.C9H10FN3/c1-10(9-15)3-2-6-16-12-5-4-11(7-13)8-14-12;1-13-8(4-6-12-13)9-7(10)3-2-5-11-9/h4-5,8-9H,1-3,6H2;2-3,5-6,8H,4H2,1H3. The fraction of sp³-hybridized carbons (Fsp3) is 0.286. The number of pyridine rings is 2. The van der Waals surface area contributed by atoms with Crippen LogP contribution in [0.15, 0.2) is 53.9 Å². The lowest BCUT2D eigenvalue weighted by Gasteiger charge is -2.18. The second-order valence-electron chi connectivity index (χ2n) is 6.22. The number of aromatic nitrogens is 2. The molecular weight excluding hydrogens is 373 g/mol. The second kappa shape index (κ2) is 11.3. The Bertz CT molecular complexity index is 893. The number of hydrogen-bond donors (Lipinski definition) is 0. The minimum absolute atomic E-state index is 0.0406. The van der Waals surface area contributed by atoms with Crippen molar-refractivity contribution in [3.63, 3.8) is 0 Å². The third-order valence-electron chi connectivity index (χ3n) is 4.07. The molecule has 0 amide bonds. The highest BCUT2D eigenvalue weighted by Gasteiger charge is 2.23. The molecule has 29 heavy (non-hydrogen) atoms. The summed E-state index contributed by atoms with van der Waals surface area (Å²) in [5, 5.41) is 14.3. The van der Waals surface area contributed by atoms with Crippen molar-refractivity contribution in [2.24, 2.45) is 5.10 Å². The molecule has 0 spiro atoms. The maximum absolute atomic E-state index is 13.3. The van der Waals surface area contributed by atoms with Gasteiger partial charge in [0.25, 0.3) is 0 Å². The first-order valence-electron chi connectivity index (χ1n) is 9.02. The summed E-state index contributed by atoms with van der Waals surface area (Å²) in [7, 11) is 1.82. The zero-order valence-electron chi connectivity index (χ0n) is 16.2. The van der Waals surface area contributed by atoms with Crippen LogP contribution in [0.2, 0.25) is 0 Å². The Morgan fingerprint density at radius 1 is 1.45 bits per heavy atom. The van der Waals surface area contributed by atoms with Gasteiger partial charge in [0, 0.05) is 38.1 Å². The Morgan fingerprint density at radius 2 is 2.28 bits per heavy atom. The van der Waals surface area contributed by atoms with Gasteiger partial charge in [-0.2, -0.15) is 10.4 Å². The van der Waals surface area contributed by atoms with Crippen LogP contribution in [0.25, 0.3) is 0 Å². The van der Waals surface area contributed by atoms with Crippen molar-refractivity contribution in [3.8, 4) is 11.9 Å². The van der Waals surface area contributed by atoms with E-state index in [9.17, 15) is 9.18 Å². The number of nitriles is 1. The summed E-state index contributed by atoms with van der Waals surface area (Å²) in [4.78, 5) is 18.2. The average Bonchev–Trinajstić information content (AvgIpc) is 3.18. The minimum atomic E-state index is -0.259. The molecule has 1 aliphatic rings. The quantitative estimate of drug-likeness (QED) is 0.405. The van der Waals surface area contributed by atoms with Gasteiger partial charge in [-0.3, -0.25) is 14.8 Å². The van der Waals surface area contributed by atoms with Crippen molar-refractivity contribution in [2.75, 3.05) is 13.7 Å². The molecule has 0 bridgehead atoms. The summed E-state index contributed by atoms with van der Waals surface area (Å²) in [5.41, 5.74) is 1.54. The molecule has 1 aliphatic heterocycles. The topological polar surface area (TPSA) is 91.5 Å². The van der Waals surface area contributed by atoms with Crippen LogP contribution in [0.4, 0.5) is 4.39 Å². The predicted molar refractivity (Wildman–Crippen MR) is 107 cm³/mol. The number of carbonyl (C=O) groups is 1. The van der Waals surface area contributed by atoms with Crippen LogP contribution in [0.1, 0.15) is 36.6 Å². The van der Waals surface area contributed by atoms with Gasteiger partial charge in [-0.05, 0) is 36.6 Å². The molecule has 0 aliphatic carbocycles. The number of rotatable bonds is 7. The molecule has 1 atom stereocenters. The first kappa shape index (κ1) is 21.7. The molecule has 150 valence electrons. The molecule has 1 unspecified atom stereocenters. The van der Waals surface area contributed by atoms with Crippen LogP contribution >= 0.6 is 0 Å². The van der Waals surface area contributed by atoms with E-state index in [1.807, 2.05) is 13.1 Å². The number of halogens is 1. The summed E-state index contributed by atoms with van der Waals surface area (Å²) < 4.78 is 18.6. The van der Waals surface area contributed by atoms with Crippen molar-refractivity contribution in [1.29, 1.82) is 5.26 Å². The van der Waals surface area contributed by atoms with Gasteiger partial charge in [0.2, 0.25) is 5.88 Å². The zero-order chi connectivity index (χ0) is 21.1. The third-order valence-corrected chi connectivity index (χ3v) is 4.07. The first-order chi connectivity index (χ1) is 14.0. The van der Waals surface area contributed by atoms with E-state index in [-0.39, 0.29) is 11.9 Å². The van der Waals surface area contributed by atoms with Crippen LogP contribution in [0.5, 0.6) is 5.88 Å². The SMILES string of the molecule is C=C(C=O)CCCOc1ccc(C#N)cn1.CN1N=CCC1c1ncccc1F. The molecule has 0 saturated heterocycles. The Morgan fingerprint density at radius 3 is 2.86 bits per heavy atom. The summed E-state index contributed by atoms with van der Waals surface area (Å²) >= 11 is 0. The van der Waals surface area contributed by atoms with Gasteiger partial charge in [0.05, 0.1) is 18.2 Å². The smallest absolute Gasteiger partial charge is 0.213 e. The monoisotopic (exact) mass is 395 g/mol. The van der Waals surface area contributed by atoms with Crippen molar-refractivity contribution in [3.05, 3.63) is 65.9 Å². The number of hydrazone groups is 1. The molecule has 0 N–H and O–H groups in total. The highest BCUT2D eigenvalue weighted by Crippen LogP contribution is 2.26. The van der Waals surface area contributed by atoms with E-state index in [2.05, 4.69) is 21.6 Å². The Labute approximate surface area is 169 Å². The fourth-order valence-corrected chi connectivity index (χ4v) is 2.51. The molecule has 7 nitrogen and oxygen atoms in total. The Kier molecular flexibility index (Phi) is 8.45. The van der Waals surface area contributed by atoms with E-state index in [0.29, 0.717) is 35.7 Å². The van der Waals surface area contributed by atoms with Gasteiger partial charge >= 0.3 is 0 Å². The first-order valence-corrected chi connectivity index (χ1v) is 9.02. The normalized spacial score (nSPS) is 14.5. The largest absolute Gasteiger partial charge is 0.478 e. The van der Waals surface area contributed by atoms with Crippen molar-refractivity contribution < 1.29 is 13.9 Å². The Hall–Kier alpha value is -3.60. The Balaban J connectivity index is 0.000000211. The minimum Gasteiger partial charge on any atom is -0.478 e. The lowest BCUT2D eigenvalue weighted by molar-refractivity contribution is -0.105. The summed E-state index contributed by atoms with van der Waals surface area (Å²) in [5.74, 6) is 0.223. The van der Waals surface area contributed by atoms with Gasteiger partial charge in [0.1, 0.15) is 23.9 Å². The maximum atomic E-state index is 13.3. The highest BCUT2D eigenvalue weighted by atomic mass is 19.1. The molecule has 3 heterocycles. The fourth-order valence-electron chi connectivity index (χ4n) is 2.51. The van der Waals surface area contributed by atoms with Crippen LogP contribution in [-0.4, -0.2) is 41.1 Å². The van der Waals surface area contributed by atoms with E-state index in [1.54, 1.807) is 35.6 Å². The van der Waals surface area contributed by atoms with Gasteiger partial charge in [-0.25, -0.2) is 9.37 Å². The van der Waals surface area contributed by atoms with Crippen molar-refractivity contribution in [1.82, 2.24) is 15.0 Å². The lowest BCUT2D eigenvalue weighted by atomic mass is 10.1. The van der Waals surface area contributed by atoms with Crippen molar-refractivity contribution >= 4 is 12.5 Å². The number of allylic oxidation sites excluding steroid dienone is 1. The van der Waals surface area contributed by atoms with E-state index in [4.69, 9.17) is 10.00 Å². The molecule has 3 rings (SSSR count). The molecule has 2 aromatic rings. The molecule has 0 radical (unpaired) electrons. The number of aldehydes is 1. The highest BCUT2D eigenvalue weighted by molar-refractivity contribution is 5.71. The van der Waals surface area contributed by atoms with Gasteiger partial charge < -0.3 is 4.74 Å². The number of nitrogens with zero attached hydrogens (tertiary/aromatic N) is 5. The van der Waals surface area contributed by atoms with E-state index < -0.39 is 0 Å². The van der Waals surface area contributed by atoms with Crippen LogP contribution in [0.3, 0.4) is 0 Å². The summed E-state index contributed by atoms with van der Waals surface area (Å²) in [6, 6.07) is 8.24.